The third kappa shape index (κ3) is 2.40. The van der Waals surface area contributed by atoms with E-state index in [1.54, 1.807) is 16.1 Å². The topological polar surface area (TPSA) is 62.1 Å². The molecule has 3 aromatic rings. The summed E-state index contributed by atoms with van der Waals surface area (Å²) < 4.78 is 11.7. The van der Waals surface area contributed by atoms with Gasteiger partial charge < -0.3 is 9.47 Å². The van der Waals surface area contributed by atoms with Crippen molar-refractivity contribution in [2.45, 2.75) is 6.54 Å². The van der Waals surface area contributed by atoms with Gasteiger partial charge in [0.05, 0.1) is 11.4 Å². The van der Waals surface area contributed by atoms with E-state index in [4.69, 9.17) is 9.47 Å². The summed E-state index contributed by atoms with van der Waals surface area (Å²) in [5, 5.41) is 14.6. The fourth-order valence-electron chi connectivity index (χ4n) is 2.05. The second-order valence-electron chi connectivity index (χ2n) is 4.42. The lowest BCUT2D eigenvalue weighted by atomic mass is 10.2. The second kappa shape index (κ2) is 5.12. The van der Waals surface area contributed by atoms with Crippen LogP contribution in [0.2, 0.25) is 0 Å². The third-order valence-corrected chi connectivity index (χ3v) is 4.65. The molecule has 2 aromatic heterocycles. The molecule has 1 aromatic carbocycles. The Hall–Kier alpha value is -1.93. The van der Waals surface area contributed by atoms with Crippen molar-refractivity contribution < 1.29 is 9.47 Å². The van der Waals surface area contributed by atoms with E-state index in [1.165, 1.54) is 0 Å². The lowest BCUT2D eigenvalue weighted by Crippen LogP contribution is -2.04. The maximum Gasteiger partial charge on any atom is 0.231 e. The van der Waals surface area contributed by atoms with E-state index in [9.17, 15) is 0 Å². The molecule has 1 aliphatic heterocycles. The number of fused-ring (bicyclic) bond motifs is 1. The van der Waals surface area contributed by atoms with Gasteiger partial charge in [0.25, 0.3) is 0 Å². The Morgan fingerprint density at radius 3 is 2.95 bits per heavy atom. The first-order valence-electron chi connectivity index (χ1n) is 6.19. The smallest absolute Gasteiger partial charge is 0.231 e. The maximum absolute atomic E-state index is 5.39. The Kier molecular flexibility index (Phi) is 3.12. The zero-order valence-electron chi connectivity index (χ0n) is 10.7. The molecule has 4 rings (SSSR count). The number of hydrogen-bond acceptors (Lipinski definition) is 6. The van der Waals surface area contributed by atoms with Crippen LogP contribution < -0.4 is 9.47 Å². The lowest BCUT2D eigenvalue weighted by Gasteiger charge is -2.05. The Balaban J connectivity index is 1.62. The molecule has 0 amide bonds. The van der Waals surface area contributed by atoms with E-state index in [-0.39, 0.29) is 6.79 Å². The molecule has 0 saturated heterocycles. The van der Waals surface area contributed by atoms with E-state index < -0.39 is 0 Å². The van der Waals surface area contributed by atoms with E-state index in [2.05, 4.69) is 31.3 Å². The number of tetrazole rings is 1. The van der Waals surface area contributed by atoms with Crippen LogP contribution in [0.15, 0.2) is 34.1 Å². The van der Waals surface area contributed by atoms with Crippen molar-refractivity contribution >= 4 is 27.3 Å². The predicted octanol–water partition coefficient (Wildman–Crippen LogP) is 2.94. The average Bonchev–Trinajstić information content (AvgIpc) is 3.18. The third-order valence-electron chi connectivity index (χ3n) is 3.05. The molecule has 0 N–H and O–H groups in total. The van der Waals surface area contributed by atoms with Gasteiger partial charge in [0.1, 0.15) is 0 Å². The van der Waals surface area contributed by atoms with Crippen molar-refractivity contribution in [2.75, 3.05) is 6.79 Å². The number of nitrogens with zero attached hydrogens (tertiary/aromatic N) is 4. The number of hydrogen-bond donors (Lipinski definition) is 0. The van der Waals surface area contributed by atoms with Gasteiger partial charge in [-0.3, -0.25) is 0 Å². The minimum absolute atomic E-state index is 0.259. The standard InChI is InChI=1S/C13H9BrN4O2S/c14-9-5-11-10(19-7-20-11)4-8(9)6-18-16-13(15-17-18)12-2-1-3-21-12/h1-5H,6-7H2. The summed E-state index contributed by atoms with van der Waals surface area (Å²) in [5.41, 5.74) is 1.01. The average molecular weight is 365 g/mol. The molecule has 8 heteroatoms. The fourth-order valence-corrected chi connectivity index (χ4v) is 3.14. The van der Waals surface area contributed by atoms with Crippen molar-refractivity contribution in [3.8, 4) is 22.2 Å². The predicted molar refractivity (Wildman–Crippen MR) is 80.5 cm³/mol. The number of benzene rings is 1. The van der Waals surface area contributed by atoms with Gasteiger partial charge in [0, 0.05) is 4.47 Å². The molecular formula is C13H9BrN4O2S. The molecule has 0 fully saturated rings. The Morgan fingerprint density at radius 2 is 2.14 bits per heavy atom. The molecule has 0 spiro atoms. The molecule has 0 saturated carbocycles. The molecule has 0 atom stereocenters. The van der Waals surface area contributed by atoms with Crippen molar-refractivity contribution in [1.29, 1.82) is 0 Å². The van der Waals surface area contributed by atoms with Gasteiger partial charge in [-0.25, -0.2) is 0 Å². The highest BCUT2D eigenvalue weighted by Gasteiger charge is 2.17. The van der Waals surface area contributed by atoms with Crippen LogP contribution in [-0.2, 0) is 6.54 Å². The highest BCUT2D eigenvalue weighted by Crippen LogP contribution is 2.37. The molecule has 1 aliphatic rings. The highest BCUT2D eigenvalue weighted by molar-refractivity contribution is 9.10. The zero-order valence-corrected chi connectivity index (χ0v) is 13.1. The summed E-state index contributed by atoms with van der Waals surface area (Å²) in [6.45, 7) is 0.769. The van der Waals surface area contributed by atoms with Crippen LogP contribution in [0.1, 0.15) is 5.56 Å². The van der Waals surface area contributed by atoms with Gasteiger partial charge >= 0.3 is 0 Å². The molecule has 0 radical (unpaired) electrons. The summed E-state index contributed by atoms with van der Waals surface area (Å²) >= 11 is 5.12. The van der Waals surface area contributed by atoms with Crippen LogP contribution in [0.4, 0.5) is 0 Å². The molecule has 106 valence electrons. The van der Waals surface area contributed by atoms with E-state index >= 15 is 0 Å². The van der Waals surface area contributed by atoms with Gasteiger partial charge in [0.2, 0.25) is 12.6 Å². The van der Waals surface area contributed by atoms with Crippen molar-refractivity contribution in [3.05, 3.63) is 39.7 Å². The maximum atomic E-state index is 5.39. The monoisotopic (exact) mass is 364 g/mol. The normalized spacial score (nSPS) is 12.8. The number of thiophene rings is 1. The number of ether oxygens (including phenoxy) is 2. The lowest BCUT2D eigenvalue weighted by molar-refractivity contribution is 0.174. The molecule has 0 bridgehead atoms. The first-order valence-corrected chi connectivity index (χ1v) is 7.86. The molecule has 21 heavy (non-hydrogen) atoms. The largest absolute Gasteiger partial charge is 0.454 e. The van der Waals surface area contributed by atoms with E-state index in [0.29, 0.717) is 12.4 Å². The number of halogens is 1. The minimum atomic E-state index is 0.259. The Morgan fingerprint density at radius 1 is 1.29 bits per heavy atom. The van der Waals surface area contributed by atoms with Crippen LogP contribution in [0.5, 0.6) is 11.5 Å². The van der Waals surface area contributed by atoms with Crippen LogP contribution >= 0.6 is 27.3 Å². The van der Waals surface area contributed by atoms with Gasteiger partial charge in [-0.15, -0.1) is 21.5 Å². The Bertz CT molecular complexity index is 788. The zero-order chi connectivity index (χ0) is 14.2. The molecule has 0 unspecified atom stereocenters. The Labute approximate surface area is 132 Å². The van der Waals surface area contributed by atoms with Crippen molar-refractivity contribution in [2.24, 2.45) is 0 Å². The first-order chi connectivity index (χ1) is 10.3. The van der Waals surface area contributed by atoms with Crippen LogP contribution in [0.25, 0.3) is 10.7 Å². The summed E-state index contributed by atoms with van der Waals surface area (Å²) in [6.07, 6.45) is 0. The van der Waals surface area contributed by atoms with Crippen molar-refractivity contribution in [3.63, 3.8) is 0 Å². The quantitative estimate of drug-likeness (QED) is 0.714. The number of rotatable bonds is 3. The molecule has 0 aliphatic carbocycles. The number of aromatic nitrogens is 4. The van der Waals surface area contributed by atoms with Gasteiger partial charge in [0.15, 0.2) is 11.5 Å². The van der Waals surface area contributed by atoms with Gasteiger partial charge in [-0.1, -0.05) is 22.0 Å². The van der Waals surface area contributed by atoms with E-state index in [0.717, 1.165) is 26.4 Å². The van der Waals surface area contributed by atoms with E-state index in [1.807, 2.05) is 29.6 Å². The minimum Gasteiger partial charge on any atom is -0.454 e. The van der Waals surface area contributed by atoms with Gasteiger partial charge in [-0.05, 0) is 34.4 Å². The first kappa shape index (κ1) is 12.8. The second-order valence-corrected chi connectivity index (χ2v) is 6.22. The molecular weight excluding hydrogens is 356 g/mol. The summed E-state index contributed by atoms with van der Waals surface area (Å²) in [4.78, 5) is 2.57. The SMILES string of the molecule is Brc1cc2c(cc1Cn1nnc(-c3cccs3)n1)OCO2. The molecule has 3 heterocycles. The van der Waals surface area contributed by atoms with Crippen molar-refractivity contribution in [1.82, 2.24) is 20.2 Å². The van der Waals surface area contributed by atoms with Crippen LogP contribution in [0.3, 0.4) is 0 Å². The molecule has 6 nitrogen and oxygen atoms in total. The van der Waals surface area contributed by atoms with Crippen LogP contribution in [0, 0.1) is 0 Å². The summed E-state index contributed by atoms with van der Waals surface area (Å²) in [7, 11) is 0. The summed E-state index contributed by atoms with van der Waals surface area (Å²) in [5.74, 6) is 2.13. The fraction of sp³-hybridized carbons (Fsp3) is 0.154. The summed E-state index contributed by atoms with van der Waals surface area (Å²) in [6, 6.07) is 7.77. The van der Waals surface area contributed by atoms with Crippen LogP contribution in [-0.4, -0.2) is 27.0 Å². The van der Waals surface area contributed by atoms with Gasteiger partial charge in [-0.2, -0.15) is 4.80 Å². The highest BCUT2D eigenvalue weighted by atomic mass is 79.9.